The minimum absolute atomic E-state index is 0.222. The summed E-state index contributed by atoms with van der Waals surface area (Å²) in [5.74, 6) is 0.369. The highest BCUT2D eigenvalue weighted by Crippen LogP contribution is 2.38. The Kier molecular flexibility index (Phi) is 5.26. The predicted octanol–water partition coefficient (Wildman–Crippen LogP) is 6.00. The van der Waals surface area contributed by atoms with Gasteiger partial charge < -0.3 is 0 Å². The molecule has 4 nitrogen and oxygen atoms in total. The molecule has 0 saturated carbocycles. The van der Waals surface area contributed by atoms with E-state index in [1.165, 1.54) is 4.31 Å². The lowest BCUT2D eigenvalue weighted by Crippen LogP contribution is -2.28. The SMILES string of the molecule is Cc1ccc(S(=O)(=O)N(C)c2nc3ccccc3c(C)c2-c2cccc(Cl)c2)cc1. The van der Waals surface area contributed by atoms with E-state index >= 15 is 0 Å². The molecule has 0 unspecified atom stereocenters. The molecule has 4 aromatic rings. The summed E-state index contributed by atoms with van der Waals surface area (Å²) in [5, 5.41) is 1.55. The van der Waals surface area contributed by atoms with Crippen molar-refractivity contribution in [3.8, 4) is 11.1 Å². The monoisotopic (exact) mass is 436 g/mol. The smallest absolute Gasteiger partial charge is 0.252 e. The van der Waals surface area contributed by atoms with Gasteiger partial charge in [0.25, 0.3) is 10.0 Å². The normalized spacial score (nSPS) is 11.6. The van der Waals surface area contributed by atoms with Gasteiger partial charge in [0.15, 0.2) is 5.82 Å². The van der Waals surface area contributed by atoms with Crippen LogP contribution in [-0.4, -0.2) is 20.4 Å². The molecule has 0 radical (unpaired) electrons. The molecule has 152 valence electrons. The molecular formula is C24H21ClN2O2S. The van der Waals surface area contributed by atoms with Crippen molar-refractivity contribution >= 4 is 38.3 Å². The van der Waals surface area contributed by atoms with E-state index in [1.54, 1.807) is 37.4 Å². The van der Waals surface area contributed by atoms with Crippen LogP contribution in [-0.2, 0) is 10.0 Å². The van der Waals surface area contributed by atoms with E-state index in [9.17, 15) is 8.42 Å². The topological polar surface area (TPSA) is 50.3 Å². The number of aryl methyl sites for hydroxylation is 2. The van der Waals surface area contributed by atoms with Gasteiger partial charge in [-0.1, -0.05) is 59.6 Å². The molecular weight excluding hydrogens is 416 g/mol. The lowest BCUT2D eigenvalue weighted by Gasteiger charge is -2.24. The fourth-order valence-electron chi connectivity index (χ4n) is 3.56. The minimum atomic E-state index is -3.80. The fraction of sp³-hybridized carbons (Fsp3) is 0.125. The first-order chi connectivity index (χ1) is 14.3. The summed E-state index contributed by atoms with van der Waals surface area (Å²) in [7, 11) is -2.26. The second-order valence-electron chi connectivity index (χ2n) is 7.25. The number of benzene rings is 3. The maximum atomic E-state index is 13.4. The van der Waals surface area contributed by atoms with E-state index in [0.29, 0.717) is 10.8 Å². The van der Waals surface area contributed by atoms with E-state index in [2.05, 4.69) is 0 Å². The van der Waals surface area contributed by atoms with Crippen LogP contribution in [0.15, 0.2) is 77.7 Å². The van der Waals surface area contributed by atoms with Crippen molar-refractivity contribution in [3.63, 3.8) is 0 Å². The van der Waals surface area contributed by atoms with Crippen LogP contribution in [0.4, 0.5) is 5.82 Å². The summed E-state index contributed by atoms with van der Waals surface area (Å²) in [6.45, 7) is 3.90. The predicted molar refractivity (Wildman–Crippen MR) is 124 cm³/mol. The van der Waals surface area contributed by atoms with E-state index in [-0.39, 0.29) is 4.90 Å². The molecule has 4 rings (SSSR count). The number of anilines is 1. The average Bonchev–Trinajstić information content (AvgIpc) is 2.73. The van der Waals surface area contributed by atoms with Crippen molar-refractivity contribution in [2.75, 3.05) is 11.4 Å². The number of para-hydroxylation sites is 1. The van der Waals surface area contributed by atoms with Gasteiger partial charge in [-0.25, -0.2) is 13.4 Å². The Balaban J connectivity index is 1.99. The standard InChI is InChI=1S/C24H21ClN2O2S/c1-16-11-13-20(14-12-16)30(28,29)27(3)24-23(18-7-6-8-19(25)15-18)17(2)21-9-4-5-10-22(21)26-24/h4-15H,1-3H3. The van der Waals surface area contributed by atoms with Crippen molar-refractivity contribution in [1.29, 1.82) is 0 Å². The first-order valence-corrected chi connectivity index (χ1v) is 11.3. The first kappa shape index (κ1) is 20.4. The highest BCUT2D eigenvalue weighted by molar-refractivity contribution is 7.92. The van der Waals surface area contributed by atoms with E-state index in [0.717, 1.165) is 33.2 Å². The van der Waals surface area contributed by atoms with Crippen molar-refractivity contribution in [3.05, 3.63) is 88.9 Å². The number of sulfonamides is 1. The van der Waals surface area contributed by atoms with Crippen molar-refractivity contribution in [2.45, 2.75) is 18.7 Å². The van der Waals surface area contributed by atoms with Crippen LogP contribution in [0.25, 0.3) is 22.0 Å². The molecule has 0 bridgehead atoms. The highest BCUT2D eigenvalue weighted by Gasteiger charge is 2.26. The average molecular weight is 437 g/mol. The molecule has 0 amide bonds. The third kappa shape index (κ3) is 3.55. The Morgan fingerprint density at radius 3 is 2.30 bits per heavy atom. The number of hydrogen-bond acceptors (Lipinski definition) is 3. The Hall–Kier alpha value is -2.89. The van der Waals surface area contributed by atoms with Gasteiger partial charge >= 0.3 is 0 Å². The van der Waals surface area contributed by atoms with Gasteiger partial charge in [-0.2, -0.15) is 0 Å². The lowest BCUT2D eigenvalue weighted by atomic mass is 9.97. The molecule has 0 fully saturated rings. The Labute approximate surface area is 181 Å². The van der Waals surface area contributed by atoms with Crippen molar-refractivity contribution in [2.24, 2.45) is 0 Å². The number of rotatable bonds is 4. The number of aromatic nitrogens is 1. The summed E-state index contributed by atoms with van der Waals surface area (Å²) in [6.07, 6.45) is 0. The molecule has 0 N–H and O–H groups in total. The molecule has 6 heteroatoms. The number of fused-ring (bicyclic) bond motifs is 1. The van der Waals surface area contributed by atoms with E-state index in [1.807, 2.05) is 56.3 Å². The zero-order valence-corrected chi connectivity index (χ0v) is 18.5. The zero-order valence-electron chi connectivity index (χ0n) is 16.9. The third-order valence-corrected chi connectivity index (χ3v) is 7.22. The number of hydrogen-bond donors (Lipinski definition) is 0. The Bertz CT molecular complexity index is 1350. The van der Waals surface area contributed by atoms with Crippen LogP contribution >= 0.6 is 11.6 Å². The summed E-state index contributed by atoms with van der Waals surface area (Å²) >= 11 is 6.25. The number of halogens is 1. The van der Waals surface area contributed by atoms with Gasteiger partial charge in [-0.05, 0) is 55.3 Å². The van der Waals surface area contributed by atoms with Crippen LogP contribution in [0, 0.1) is 13.8 Å². The second kappa shape index (κ2) is 7.74. The van der Waals surface area contributed by atoms with Gasteiger partial charge in [-0.3, -0.25) is 4.31 Å². The molecule has 0 aliphatic carbocycles. The van der Waals surface area contributed by atoms with Crippen LogP contribution in [0.5, 0.6) is 0 Å². The lowest BCUT2D eigenvalue weighted by molar-refractivity contribution is 0.594. The fourth-order valence-corrected chi connectivity index (χ4v) is 4.91. The Morgan fingerprint density at radius 2 is 1.60 bits per heavy atom. The molecule has 0 atom stereocenters. The van der Waals surface area contributed by atoms with Gasteiger partial charge in [0.1, 0.15) is 0 Å². The number of nitrogens with zero attached hydrogens (tertiary/aromatic N) is 2. The summed E-state index contributed by atoms with van der Waals surface area (Å²) in [4.78, 5) is 4.98. The molecule has 3 aromatic carbocycles. The van der Waals surface area contributed by atoms with Gasteiger partial charge in [0.05, 0.1) is 10.4 Å². The molecule has 0 aliphatic rings. The largest absolute Gasteiger partial charge is 0.265 e. The molecule has 0 saturated heterocycles. The quantitative estimate of drug-likeness (QED) is 0.394. The zero-order chi connectivity index (χ0) is 21.5. The molecule has 0 aliphatic heterocycles. The summed E-state index contributed by atoms with van der Waals surface area (Å²) < 4.78 is 28.1. The molecule has 1 heterocycles. The third-order valence-electron chi connectivity index (χ3n) is 5.22. The summed E-state index contributed by atoms with van der Waals surface area (Å²) in [5.41, 5.74) is 4.25. The number of pyridine rings is 1. The summed E-state index contributed by atoms with van der Waals surface area (Å²) in [6, 6.07) is 21.9. The molecule has 30 heavy (non-hydrogen) atoms. The van der Waals surface area contributed by atoms with Crippen LogP contribution in [0.1, 0.15) is 11.1 Å². The van der Waals surface area contributed by atoms with Crippen LogP contribution < -0.4 is 4.31 Å². The van der Waals surface area contributed by atoms with Gasteiger partial charge in [-0.15, -0.1) is 0 Å². The molecule has 0 spiro atoms. The Morgan fingerprint density at radius 1 is 0.900 bits per heavy atom. The second-order valence-corrected chi connectivity index (χ2v) is 9.65. The van der Waals surface area contributed by atoms with Crippen LogP contribution in [0.2, 0.25) is 5.02 Å². The van der Waals surface area contributed by atoms with Gasteiger partial charge in [0, 0.05) is 23.0 Å². The first-order valence-electron chi connectivity index (χ1n) is 9.50. The van der Waals surface area contributed by atoms with Crippen molar-refractivity contribution < 1.29 is 8.42 Å². The van der Waals surface area contributed by atoms with E-state index in [4.69, 9.17) is 16.6 Å². The minimum Gasteiger partial charge on any atom is -0.252 e. The maximum Gasteiger partial charge on any atom is 0.265 e. The maximum absolute atomic E-state index is 13.4. The van der Waals surface area contributed by atoms with E-state index < -0.39 is 10.0 Å². The highest BCUT2D eigenvalue weighted by atomic mass is 35.5. The molecule has 1 aromatic heterocycles. The van der Waals surface area contributed by atoms with Gasteiger partial charge in [0.2, 0.25) is 0 Å². The van der Waals surface area contributed by atoms with Crippen molar-refractivity contribution in [1.82, 2.24) is 4.98 Å². The van der Waals surface area contributed by atoms with Crippen LogP contribution in [0.3, 0.4) is 0 Å².